The van der Waals surface area contributed by atoms with Crippen LogP contribution >= 0.6 is 0 Å². The number of aromatic nitrogens is 1. The van der Waals surface area contributed by atoms with Gasteiger partial charge in [0.1, 0.15) is 0 Å². The molecule has 6 nitrogen and oxygen atoms in total. The number of carbonyl (C=O) groups excluding carboxylic acids is 2. The first-order valence-corrected chi connectivity index (χ1v) is 11.3. The Bertz CT molecular complexity index is 751. The Morgan fingerprint density at radius 2 is 1.72 bits per heavy atom. The first-order chi connectivity index (χ1) is 14.0. The van der Waals surface area contributed by atoms with Crippen LogP contribution in [0.5, 0.6) is 0 Å². The first-order valence-electron chi connectivity index (χ1n) is 11.3. The highest BCUT2D eigenvalue weighted by Crippen LogP contribution is 2.35. The lowest BCUT2D eigenvalue weighted by Crippen LogP contribution is -2.48. The number of rotatable bonds is 4. The van der Waals surface area contributed by atoms with Crippen molar-refractivity contribution in [3.63, 3.8) is 0 Å². The maximum Gasteiger partial charge on any atom is 0.223 e. The first kappa shape index (κ1) is 20.2. The van der Waals surface area contributed by atoms with Gasteiger partial charge in [0.2, 0.25) is 11.8 Å². The monoisotopic (exact) mass is 398 g/mol. The van der Waals surface area contributed by atoms with E-state index >= 15 is 0 Å². The van der Waals surface area contributed by atoms with Crippen molar-refractivity contribution >= 4 is 17.5 Å². The number of carbonyl (C=O) groups is 2. The third-order valence-electron chi connectivity index (χ3n) is 6.90. The Hall–Kier alpha value is -2.11. The van der Waals surface area contributed by atoms with Gasteiger partial charge in [-0.3, -0.25) is 14.6 Å². The van der Waals surface area contributed by atoms with Crippen LogP contribution in [0.2, 0.25) is 0 Å². The summed E-state index contributed by atoms with van der Waals surface area (Å²) in [7, 11) is 0. The molecule has 3 aliphatic rings. The molecule has 1 aromatic rings. The third kappa shape index (κ3) is 4.57. The zero-order valence-corrected chi connectivity index (χ0v) is 17.9. The fourth-order valence-corrected chi connectivity index (χ4v) is 5.26. The Balaban J connectivity index is 1.47. The highest BCUT2D eigenvalue weighted by Gasteiger charge is 2.33. The van der Waals surface area contributed by atoms with Crippen LogP contribution < -0.4 is 4.90 Å². The molecule has 1 atom stereocenters. The van der Waals surface area contributed by atoms with Gasteiger partial charge in [-0.25, -0.2) is 0 Å². The molecule has 3 fully saturated rings. The molecule has 1 saturated carbocycles. The van der Waals surface area contributed by atoms with Crippen LogP contribution in [0.25, 0.3) is 0 Å². The number of hydrogen-bond acceptors (Lipinski definition) is 4. The van der Waals surface area contributed by atoms with E-state index in [1.54, 1.807) is 6.92 Å². The van der Waals surface area contributed by atoms with Crippen molar-refractivity contribution in [2.75, 3.05) is 37.6 Å². The van der Waals surface area contributed by atoms with Crippen LogP contribution in [0.1, 0.15) is 69.3 Å². The van der Waals surface area contributed by atoms with Gasteiger partial charge < -0.3 is 14.7 Å². The summed E-state index contributed by atoms with van der Waals surface area (Å²) in [4.78, 5) is 35.8. The van der Waals surface area contributed by atoms with Gasteiger partial charge >= 0.3 is 0 Å². The number of nitrogens with zero attached hydrogens (tertiary/aromatic N) is 4. The summed E-state index contributed by atoms with van der Waals surface area (Å²) in [5.41, 5.74) is 3.21. The molecule has 0 unspecified atom stereocenters. The third-order valence-corrected chi connectivity index (χ3v) is 6.90. The SMILES string of the molecule is CC(=O)N1CCN(c2cc(C)nc([C@H]3CCCN3C(=O)CC3CCCC3)c2)CC1. The molecule has 6 heteroatoms. The highest BCUT2D eigenvalue weighted by atomic mass is 16.2. The molecule has 0 N–H and O–H groups in total. The second-order valence-corrected chi connectivity index (χ2v) is 8.98. The molecule has 1 aliphatic carbocycles. The zero-order chi connectivity index (χ0) is 20.4. The molecule has 2 aliphatic heterocycles. The average molecular weight is 399 g/mol. The number of amides is 2. The lowest BCUT2D eigenvalue weighted by Gasteiger charge is -2.36. The van der Waals surface area contributed by atoms with Gasteiger partial charge in [0.25, 0.3) is 0 Å². The molecule has 0 spiro atoms. The summed E-state index contributed by atoms with van der Waals surface area (Å²) in [5.74, 6) is 1.06. The Morgan fingerprint density at radius 1 is 1.00 bits per heavy atom. The van der Waals surface area contributed by atoms with Crippen molar-refractivity contribution < 1.29 is 9.59 Å². The molecule has 3 heterocycles. The summed E-state index contributed by atoms with van der Waals surface area (Å²) in [6.07, 6.45) is 7.75. The molecule has 4 rings (SSSR count). The van der Waals surface area contributed by atoms with Gasteiger partial charge in [-0.05, 0) is 50.7 Å². The maximum atomic E-state index is 13.0. The summed E-state index contributed by atoms with van der Waals surface area (Å²) in [5, 5.41) is 0. The normalized spacial score (nSPS) is 23.1. The quantitative estimate of drug-likeness (QED) is 0.781. The topological polar surface area (TPSA) is 56.8 Å². The van der Waals surface area contributed by atoms with Crippen molar-refractivity contribution in [1.29, 1.82) is 0 Å². The molecule has 0 radical (unpaired) electrons. The number of likely N-dealkylation sites (tertiary alicyclic amines) is 1. The van der Waals surface area contributed by atoms with E-state index in [9.17, 15) is 9.59 Å². The zero-order valence-electron chi connectivity index (χ0n) is 17.9. The summed E-state index contributed by atoms with van der Waals surface area (Å²) < 4.78 is 0. The predicted octanol–water partition coefficient (Wildman–Crippen LogP) is 3.30. The molecule has 2 amide bonds. The lowest BCUT2D eigenvalue weighted by molar-refractivity contribution is -0.133. The lowest BCUT2D eigenvalue weighted by atomic mass is 10.0. The summed E-state index contributed by atoms with van der Waals surface area (Å²) in [6.45, 7) is 7.76. The molecule has 0 bridgehead atoms. The van der Waals surface area contributed by atoms with Crippen LogP contribution in [-0.2, 0) is 9.59 Å². The van der Waals surface area contributed by atoms with Gasteiger partial charge in [-0.2, -0.15) is 0 Å². The molecular weight excluding hydrogens is 364 g/mol. The fourth-order valence-electron chi connectivity index (χ4n) is 5.26. The van der Waals surface area contributed by atoms with Crippen molar-refractivity contribution in [3.05, 3.63) is 23.5 Å². The van der Waals surface area contributed by atoms with E-state index in [4.69, 9.17) is 4.98 Å². The number of anilines is 1. The van der Waals surface area contributed by atoms with E-state index in [2.05, 4.69) is 21.9 Å². The maximum absolute atomic E-state index is 13.0. The summed E-state index contributed by atoms with van der Waals surface area (Å²) in [6, 6.07) is 4.43. The van der Waals surface area contributed by atoms with Crippen molar-refractivity contribution in [1.82, 2.24) is 14.8 Å². The van der Waals surface area contributed by atoms with E-state index in [1.807, 2.05) is 11.8 Å². The van der Waals surface area contributed by atoms with Crippen molar-refractivity contribution in [3.8, 4) is 0 Å². The average Bonchev–Trinajstić information content (AvgIpc) is 3.39. The fraction of sp³-hybridized carbons (Fsp3) is 0.696. The van der Waals surface area contributed by atoms with Gasteiger partial charge in [0, 0.05) is 57.4 Å². The molecular formula is C23H34N4O2. The van der Waals surface area contributed by atoms with E-state index in [0.717, 1.165) is 57.0 Å². The van der Waals surface area contributed by atoms with Gasteiger partial charge in [-0.1, -0.05) is 12.8 Å². The second-order valence-electron chi connectivity index (χ2n) is 8.98. The summed E-state index contributed by atoms with van der Waals surface area (Å²) >= 11 is 0. The van der Waals surface area contributed by atoms with Crippen molar-refractivity contribution in [2.45, 2.75) is 64.8 Å². The number of hydrogen-bond donors (Lipinski definition) is 0. The molecule has 0 aromatic carbocycles. The molecule has 29 heavy (non-hydrogen) atoms. The van der Waals surface area contributed by atoms with E-state index in [-0.39, 0.29) is 11.9 Å². The van der Waals surface area contributed by atoms with Gasteiger partial charge in [-0.15, -0.1) is 0 Å². The molecule has 2 saturated heterocycles. The van der Waals surface area contributed by atoms with Crippen LogP contribution in [0.3, 0.4) is 0 Å². The number of aryl methyl sites for hydroxylation is 1. The van der Waals surface area contributed by atoms with Crippen LogP contribution in [0.4, 0.5) is 5.69 Å². The van der Waals surface area contributed by atoms with E-state index < -0.39 is 0 Å². The smallest absolute Gasteiger partial charge is 0.223 e. The number of piperazine rings is 1. The standard InChI is InChI=1S/C23H34N4O2/c1-17-14-20(26-12-10-25(11-13-26)18(2)28)16-21(24-17)22-8-5-9-27(22)23(29)15-19-6-3-4-7-19/h14,16,19,22H,3-13,15H2,1-2H3/t22-/m1/s1. The Morgan fingerprint density at radius 3 is 2.41 bits per heavy atom. The van der Waals surface area contributed by atoms with Crippen molar-refractivity contribution in [2.24, 2.45) is 5.92 Å². The number of pyridine rings is 1. The Labute approximate surface area is 174 Å². The molecule has 158 valence electrons. The molecule has 1 aromatic heterocycles. The van der Waals surface area contributed by atoms with E-state index in [1.165, 1.54) is 31.4 Å². The highest BCUT2D eigenvalue weighted by molar-refractivity contribution is 5.77. The minimum Gasteiger partial charge on any atom is -0.368 e. The van der Waals surface area contributed by atoms with Gasteiger partial charge in [0.15, 0.2) is 0 Å². The second kappa shape index (κ2) is 8.72. The predicted molar refractivity (Wildman–Crippen MR) is 114 cm³/mol. The minimum atomic E-state index is 0.112. The van der Waals surface area contributed by atoms with Gasteiger partial charge in [0.05, 0.1) is 11.7 Å². The van der Waals surface area contributed by atoms with Crippen LogP contribution in [0, 0.1) is 12.8 Å². The van der Waals surface area contributed by atoms with E-state index in [0.29, 0.717) is 18.2 Å². The van der Waals surface area contributed by atoms with Crippen LogP contribution in [0.15, 0.2) is 12.1 Å². The Kier molecular flexibility index (Phi) is 6.07. The largest absolute Gasteiger partial charge is 0.368 e. The minimum absolute atomic E-state index is 0.112. The van der Waals surface area contributed by atoms with Crippen LogP contribution in [-0.4, -0.2) is 59.3 Å².